The first-order valence-electron chi connectivity index (χ1n) is 24.6. The highest BCUT2D eigenvalue weighted by atomic mass is 16.5. The minimum absolute atomic E-state index is 0.0494. The second-order valence-electron chi connectivity index (χ2n) is 16.9. The van der Waals surface area contributed by atoms with Crippen molar-refractivity contribution in [2.45, 2.75) is 277 Å². The lowest BCUT2D eigenvalue weighted by atomic mass is 10.0. The first-order chi connectivity index (χ1) is 27.5. The molecule has 1 amide bonds. The number of allylic oxidation sites excluding steroid dienone is 4. The molecule has 0 aromatic carbocycles. The largest absolute Gasteiger partial charge is 0.462 e. The zero-order chi connectivity index (χ0) is 41.0. The molecule has 3 atom stereocenters. The van der Waals surface area contributed by atoms with Gasteiger partial charge in [0.25, 0.3) is 0 Å². The molecule has 3 unspecified atom stereocenters. The Kier molecular flexibility index (Phi) is 43.1. The molecule has 6 heteroatoms. The lowest BCUT2D eigenvalue weighted by Crippen LogP contribution is -2.46. The van der Waals surface area contributed by atoms with E-state index in [1.807, 2.05) is 0 Å². The van der Waals surface area contributed by atoms with Gasteiger partial charge in [0.2, 0.25) is 5.91 Å². The van der Waals surface area contributed by atoms with Gasteiger partial charge < -0.3 is 20.3 Å². The van der Waals surface area contributed by atoms with Crippen molar-refractivity contribution >= 4 is 11.9 Å². The van der Waals surface area contributed by atoms with Crippen LogP contribution in [0.3, 0.4) is 0 Å². The van der Waals surface area contributed by atoms with Crippen molar-refractivity contribution in [3.05, 3.63) is 24.3 Å². The highest BCUT2D eigenvalue weighted by Crippen LogP contribution is 2.17. The summed E-state index contributed by atoms with van der Waals surface area (Å²) in [5.74, 6) is -0.511. The number of aliphatic hydroxyl groups excluding tert-OH is 2. The lowest BCUT2D eigenvalue weighted by molar-refractivity contribution is -0.151. The number of aliphatic hydroxyl groups is 2. The molecule has 0 saturated heterocycles. The zero-order valence-corrected chi connectivity index (χ0v) is 37.5. The second-order valence-corrected chi connectivity index (χ2v) is 16.9. The number of esters is 1. The van der Waals surface area contributed by atoms with Crippen LogP contribution in [-0.4, -0.2) is 46.9 Å². The van der Waals surface area contributed by atoms with Crippen LogP contribution in [-0.2, 0) is 14.3 Å². The van der Waals surface area contributed by atoms with Crippen LogP contribution in [0.4, 0.5) is 0 Å². The maximum absolute atomic E-state index is 13.1. The van der Waals surface area contributed by atoms with Gasteiger partial charge in [-0.1, -0.05) is 225 Å². The van der Waals surface area contributed by atoms with Gasteiger partial charge in [-0.3, -0.25) is 9.59 Å². The van der Waals surface area contributed by atoms with Gasteiger partial charge in [-0.05, 0) is 44.9 Å². The molecule has 6 nitrogen and oxygen atoms in total. The lowest BCUT2D eigenvalue weighted by Gasteiger charge is -2.24. The highest BCUT2D eigenvalue weighted by Gasteiger charge is 2.24. The molecule has 0 aromatic rings. The summed E-state index contributed by atoms with van der Waals surface area (Å²) < 4.78 is 5.89. The number of hydrogen-bond acceptors (Lipinski definition) is 5. The molecule has 0 aromatic heterocycles. The van der Waals surface area contributed by atoms with Crippen LogP contribution in [0.1, 0.15) is 258 Å². The number of carbonyl (C=O) groups excluding carboxylic acids is 2. The maximum Gasteiger partial charge on any atom is 0.306 e. The maximum atomic E-state index is 13.1. The summed E-state index contributed by atoms with van der Waals surface area (Å²) in [5.41, 5.74) is 0. The predicted octanol–water partition coefficient (Wildman–Crippen LogP) is 14.3. The number of nitrogens with one attached hydrogen (secondary N) is 1. The number of amides is 1. The molecular weight excluding hydrogens is 695 g/mol. The van der Waals surface area contributed by atoms with Crippen LogP contribution in [0.15, 0.2) is 24.3 Å². The van der Waals surface area contributed by atoms with Gasteiger partial charge in [0.15, 0.2) is 0 Å². The SMILES string of the molecule is CCCCCCCCC/C=C/C=C/CCCC(CC(=O)NC(CO)C(O)CCCCCCCCCCC)OC(=O)CCCCCCCCCCCCCCCC. The number of carbonyl (C=O) groups is 2. The minimum Gasteiger partial charge on any atom is -0.462 e. The van der Waals surface area contributed by atoms with Crippen molar-refractivity contribution in [3.8, 4) is 0 Å². The standard InChI is InChI=1S/C50H95NO5/c1-4-7-10-13-16-19-21-23-25-27-30-32-35-38-41-46(56-50(55)43-40-37-34-31-28-26-24-22-20-17-14-11-8-5-2)44-49(54)51-47(45-52)48(53)42-39-36-33-29-18-15-12-9-6-3/h25,27,30,32,46-48,52-53H,4-24,26,28-29,31,33-45H2,1-3H3,(H,51,54)/b27-25+,32-30+. The average molecular weight is 790 g/mol. The molecule has 0 bridgehead atoms. The van der Waals surface area contributed by atoms with Gasteiger partial charge in [0.05, 0.1) is 25.2 Å². The monoisotopic (exact) mass is 790 g/mol. The Labute approximate surface area is 348 Å². The average Bonchev–Trinajstić information content (AvgIpc) is 3.19. The van der Waals surface area contributed by atoms with E-state index in [1.54, 1.807) is 0 Å². The third kappa shape index (κ3) is 39.2. The van der Waals surface area contributed by atoms with Gasteiger partial charge in [0, 0.05) is 6.42 Å². The summed E-state index contributed by atoms with van der Waals surface area (Å²) in [5, 5.41) is 23.6. The summed E-state index contributed by atoms with van der Waals surface area (Å²) in [6.45, 7) is 6.45. The van der Waals surface area contributed by atoms with E-state index in [2.05, 4.69) is 50.4 Å². The van der Waals surface area contributed by atoms with E-state index in [0.717, 1.165) is 57.8 Å². The van der Waals surface area contributed by atoms with Crippen LogP contribution >= 0.6 is 0 Å². The Morgan fingerprint density at radius 3 is 1.36 bits per heavy atom. The fourth-order valence-corrected chi connectivity index (χ4v) is 7.54. The molecule has 0 aliphatic heterocycles. The smallest absolute Gasteiger partial charge is 0.306 e. The van der Waals surface area contributed by atoms with Crippen LogP contribution < -0.4 is 5.32 Å². The fourth-order valence-electron chi connectivity index (χ4n) is 7.54. The molecule has 0 rings (SSSR count). The molecule has 0 spiro atoms. The van der Waals surface area contributed by atoms with Crippen LogP contribution in [0.25, 0.3) is 0 Å². The fraction of sp³-hybridized carbons (Fsp3) is 0.880. The van der Waals surface area contributed by atoms with Crippen molar-refractivity contribution in [2.24, 2.45) is 0 Å². The van der Waals surface area contributed by atoms with E-state index in [9.17, 15) is 19.8 Å². The minimum atomic E-state index is -0.793. The molecule has 0 fully saturated rings. The third-order valence-electron chi connectivity index (χ3n) is 11.3. The van der Waals surface area contributed by atoms with Crippen LogP contribution in [0, 0.1) is 0 Å². The van der Waals surface area contributed by atoms with Gasteiger partial charge in [0.1, 0.15) is 6.10 Å². The van der Waals surface area contributed by atoms with Crippen molar-refractivity contribution in [1.82, 2.24) is 5.32 Å². The van der Waals surface area contributed by atoms with Crippen molar-refractivity contribution < 1.29 is 24.5 Å². The number of ether oxygens (including phenoxy) is 1. The summed E-state index contributed by atoms with van der Waals surface area (Å²) >= 11 is 0. The van der Waals surface area contributed by atoms with Crippen molar-refractivity contribution in [3.63, 3.8) is 0 Å². The Hall–Kier alpha value is -1.66. The summed E-state index contributed by atoms with van der Waals surface area (Å²) in [6, 6.07) is -0.709. The highest BCUT2D eigenvalue weighted by molar-refractivity contribution is 5.77. The zero-order valence-electron chi connectivity index (χ0n) is 37.5. The van der Waals surface area contributed by atoms with Gasteiger partial charge >= 0.3 is 5.97 Å². The summed E-state index contributed by atoms with van der Waals surface area (Å²) in [7, 11) is 0. The quantitative estimate of drug-likeness (QED) is 0.0324. The van der Waals surface area contributed by atoms with Crippen LogP contribution in [0.5, 0.6) is 0 Å². The molecule has 3 N–H and O–H groups in total. The Bertz CT molecular complexity index is 889. The Morgan fingerprint density at radius 1 is 0.518 bits per heavy atom. The van der Waals surface area contributed by atoms with E-state index in [-0.39, 0.29) is 24.9 Å². The summed E-state index contributed by atoms with van der Waals surface area (Å²) in [4.78, 5) is 26.0. The molecule has 0 heterocycles. The topological polar surface area (TPSA) is 95.9 Å². The predicted molar refractivity (Wildman–Crippen MR) is 241 cm³/mol. The molecule has 0 saturated carbocycles. The van der Waals surface area contributed by atoms with Gasteiger partial charge in [-0.15, -0.1) is 0 Å². The molecule has 0 radical (unpaired) electrons. The number of unbranched alkanes of at least 4 members (excludes halogenated alkanes) is 29. The van der Waals surface area contributed by atoms with Gasteiger partial charge in [-0.25, -0.2) is 0 Å². The van der Waals surface area contributed by atoms with Crippen molar-refractivity contribution in [2.75, 3.05) is 6.61 Å². The van der Waals surface area contributed by atoms with Gasteiger partial charge in [-0.2, -0.15) is 0 Å². The van der Waals surface area contributed by atoms with Crippen molar-refractivity contribution in [1.29, 1.82) is 0 Å². The first kappa shape index (κ1) is 54.3. The molecule has 0 aliphatic rings. The van der Waals surface area contributed by atoms with E-state index < -0.39 is 18.2 Å². The van der Waals surface area contributed by atoms with E-state index >= 15 is 0 Å². The Morgan fingerprint density at radius 2 is 0.911 bits per heavy atom. The van der Waals surface area contributed by atoms with E-state index in [0.29, 0.717) is 19.3 Å². The second kappa shape index (κ2) is 44.4. The molecule has 56 heavy (non-hydrogen) atoms. The van der Waals surface area contributed by atoms with E-state index in [1.165, 1.54) is 154 Å². The Balaban J connectivity index is 4.63. The third-order valence-corrected chi connectivity index (χ3v) is 11.3. The van der Waals surface area contributed by atoms with E-state index in [4.69, 9.17) is 4.74 Å². The summed E-state index contributed by atoms with van der Waals surface area (Å²) in [6.07, 6.45) is 49.6. The number of rotatable bonds is 44. The number of hydrogen-bond donors (Lipinski definition) is 3. The normalized spacial score (nSPS) is 13.4. The molecule has 330 valence electrons. The first-order valence-corrected chi connectivity index (χ1v) is 24.6. The molecular formula is C50H95NO5. The molecule has 0 aliphatic carbocycles. The van der Waals surface area contributed by atoms with Crippen LogP contribution in [0.2, 0.25) is 0 Å².